The molecule has 2 rings (SSSR count). The normalized spacial score (nSPS) is 33.5. The smallest absolute Gasteiger partial charge is 0.0583 e. The highest BCUT2D eigenvalue weighted by Gasteiger charge is 2.42. The van der Waals surface area contributed by atoms with Crippen LogP contribution in [-0.4, -0.2) is 29.5 Å². The maximum Gasteiger partial charge on any atom is 0.0583 e. The molecular formula is C11H17N3. The molecule has 0 bridgehead atoms. The number of pyridine rings is 1. The molecule has 2 N–H and O–H groups in total. The molecule has 1 aliphatic heterocycles. The molecule has 0 radical (unpaired) electrons. The Kier molecular flexibility index (Phi) is 2.29. The SMILES string of the molecule is CN1CCC(N)C1(C)c1ccncc1. The second-order valence-electron chi connectivity index (χ2n) is 4.20. The molecule has 1 aromatic heterocycles. The number of nitrogens with zero attached hydrogens (tertiary/aromatic N) is 2. The fraction of sp³-hybridized carbons (Fsp3) is 0.545. The summed E-state index contributed by atoms with van der Waals surface area (Å²) in [5, 5.41) is 0. The van der Waals surface area contributed by atoms with Gasteiger partial charge in [0.2, 0.25) is 0 Å². The van der Waals surface area contributed by atoms with Crippen LogP contribution in [0.4, 0.5) is 0 Å². The predicted octanol–water partition coefficient (Wildman–Crippen LogP) is 0.960. The molecule has 2 heterocycles. The molecular weight excluding hydrogens is 174 g/mol. The number of aromatic nitrogens is 1. The predicted molar refractivity (Wildman–Crippen MR) is 56.8 cm³/mol. The Morgan fingerprint density at radius 1 is 1.50 bits per heavy atom. The van der Waals surface area contributed by atoms with Crippen LogP contribution in [0.3, 0.4) is 0 Å². The molecule has 3 heteroatoms. The average Bonchev–Trinajstić information content (AvgIpc) is 2.49. The lowest BCUT2D eigenvalue weighted by Crippen LogP contribution is -2.46. The van der Waals surface area contributed by atoms with Crippen LogP contribution < -0.4 is 5.73 Å². The highest BCUT2D eigenvalue weighted by atomic mass is 15.2. The van der Waals surface area contributed by atoms with E-state index in [1.54, 1.807) is 0 Å². The van der Waals surface area contributed by atoms with Crippen molar-refractivity contribution >= 4 is 0 Å². The summed E-state index contributed by atoms with van der Waals surface area (Å²) in [7, 11) is 2.13. The summed E-state index contributed by atoms with van der Waals surface area (Å²) < 4.78 is 0. The lowest BCUT2D eigenvalue weighted by atomic mass is 9.86. The fourth-order valence-corrected chi connectivity index (χ4v) is 2.25. The molecule has 2 atom stereocenters. The Labute approximate surface area is 84.9 Å². The number of likely N-dealkylation sites (tertiary alicyclic amines) is 1. The van der Waals surface area contributed by atoms with Crippen molar-refractivity contribution in [2.24, 2.45) is 5.73 Å². The van der Waals surface area contributed by atoms with E-state index in [0.717, 1.165) is 13.0 Å². The largest absolute Gasteiger partial charge is 0.326 e. The Bertz CT molecular complexity index is 300. The highest BCUT2D eigenvalue weighted by molar-refractivity contribution is 5.25. The molecule has 1 aromatic rings. The van der Waals surface area contributed by atoms with Gasteiger partial charge >= 0.3 is 0 Å². The third-order valence-electron chi connectivity index (χ3n) is 3.56. The molecule has 0 amide bonds. The van der Waals surface area contributed by atoms with Crippen LogP contribution in [0.5, 0.6) is 0 Å². The fourth-order valence-electron chi connectivity index (χ4n) is 2.25. The molecule has 0 aromatic carbocycles. The average molecular weight is 191 g/mol. The molecule has 14 heavy (non-hydrogen) atoms. The zero-order valence-corrected chi connectivity index (χ0v) is 8.77. The summed E-state index contributed by atoms with van der Waals surface area (Å²) in [5.41, 5.74) is 7.41. The molecule has 76 valence electrons. The van der Waals surface area contributed by atoms with Gasteiger partial charge in [0.15, 0.2) is 0 Å². The highest BCUT2D eigenvalue weighted by Crippen LogP contribution is 2.35. The van der Waals surface area contributed by atoms with E-state index in [1.165, 1.54) is 5.56 Å². The van der Waals surface area contributed by atoms with Crippen molar-refractivity contribution in [1.82, 2.24) is 9.88 Å². The lowest BCUT2D eigenvalue weighted by Gasteiger charge is -2.36. The van der Waals surface area contributed by atoms with Gasteiger partial charge in [-0.2, -0.15) is 0 Å². The van der Waals surface area contributed by atoms with E-state index >= 15 is 0 Å². The number of hydrogen-bond donors (Lipinski definition) is 1. The number of likely N-dealkylation sites (N-methyl/N-ethyl adjacent to an activating group) is 1. The Balaban J connectivity index is 2.40. The molecule has 1 saturated heterocycles. The van der Waals surface area contributed by atoms with Crippen molar-refractivity contribution in [3.63, 3.8) is 0 Å². The number of nitrogens with two attached hydrogens (primary N) is 1. The number of rotatable bonds is 1. The quantitative estimate of drug-likeness (QED) is 0.719. The van der Waals surface area contributed by atoms with Crippen LogP contribution in [-0.2, 0) is 5.54 Å². The zero-order chi connectivity index (χ0) is 10.2. The van der Waals surface area contributed by atoms with Gasteiger partial charge in [0.25, 0.3) is 0 Å². The van der Waals surface area contributed by atoms with E-state index in [2.05, 4.69) is 36.0 Å². The van der Waals surface area contributed by atoms with Crippen molar-refractivity contribution in [3.8, 4) is 0 Å². The van der Waals surface area contributed by atoms with Gasteiger partial charge < -0.3 is 5.73 Å². The van der Waals surface area contributed by atoms with Gasteiger partial charge in [-0.3, -0.25) is 9.88 Å². The van der Waals surface area contributed by atoms with Crippen molar-refractivity contribution in [3.05, 3.63) is 30.1 Å². The minimum atomic E-state index is -0.0249. The second-order valence-corrected chi connectivity index (χ2v) is 4.20. The van der Waals surface area contributed by atoms with Gasteiger partial charge in [-0.25, -0.2) is 0 Å². The van der Waals surface area contributed by atoms with Crippen LogP contribution in [0.25, 0.3) is 0 Å². The van der Waals surface area contributed by atoms with Gasteiger partial charge in [-0.05, 0) is 38.1 Å². The first-order valence-corrected chi connectivity index (χ1v) is 5.03. The van der Waals surface area contributed by atoms with Gasteiger partial charge in [0, 0.05) is 25.0 Å². The minimum absolute atomic E-state index is 0.0249. The number of hydrogen-bond acceptors (Lipinski definition) is 3. The van der Waals surface area contributed by atoms with Crippen LogP contribution >= 0.6 is 0 Å². The molecule has 0 aliphatic carbocycles. The van der Waals surface area contributed by atoms with Crippen molar-refractivity contribution in [2.75, 3.05) is 13.6 Å². The van der Waals surface area contributed by atoms with Gasteiger partial charge in [-0.1, -0.05) is 0 Å². The Morgan fingerprint density at radius 2 is 2.14 bits per heavy atom. The molecule has 1 fully saturated rings. The summed E-state index contributed by atoms with van der Waals surface area (Å²) >= 11 is 0. The minimum Gasteiger partial charge on any atom is -0.326 e. The summed E-state index contributed by atoms with van der Waals surface area (Å²) in [4.78, 5) is 6.37. The van der Waals surface area contributed by atoms with Crippen LogP contribution in [0, 0.1) is 0 Å². The summed E-state index contributed by atoms with van der Waals surface area (Å²) in [5.74, 6) is 0. The van der Waals surface area contributed by atoms with E-state index < -0.39 is 0 Å². The van der Waals surface area contributed by atoms with Crippen LogP contribution in [0.15, 0.2) is 24.5 Å². The van der Waals surface area contributed by atoms with E-state index in [1.807, 2.05) is 12.4 Å². The third-order valence-corrected chi connectivity index (χ3v) is 3.56. The summed E-state index contributed by atoms with van der Waals surface area (Å²) in [6.45, 7) is 3.28. The van der Waals surface area contributed by atoms with E-state index in [4.69, 9.17) is 5.73 Å². The monoisotopic (exact) mass is 191 g/mol. The van der Waals surface area contributed by atoms with Crippen molar-refractivity contribution in [2.45, 2.75) is 24.9 Å². The second kappa shape index (κ2) is 3.33. The van der Waals surface area contributed by atoms with Gasteiger partial charge in [-0.15, -0.1) is 0 Å². The zero-order valence-electron chi connectivity index (χ0n) is 8.77. The topological polar surface area (TPSA) is 42.1 Å². The van der Waals surface area contributed by atoms with E-state index in [0.29, 0.717) is 0 Å². The first-order chi connectivity index (χ1) is 6.65. The van der Waals surface area contributed by atoms with Gasteiger partial charge in [0.05, 0.1) is 5.54 Å². The van der Waals surface area contributed by atoms with Crippen LogP contribution in [0.1, 0.15) is 18.9 Å². The first kappa shape index (κ1) is 9.62. The molecule has 0 saturated carbocycles. The van der Waals surface area contributed by atoms with Crippen molar-refractivity contribution in [1.29, 1.82) is 0 Å². The maximum atomic E-state index is 6.17. The maximum absolute atomic E-state index is 6.17. The Hall–Kier alpha value is -0.930. The van der Waals surface area contributed by atoms with Gasteiger partial charge in [0.1, 0.15) is 0 Å². The third kappa shape index (κ3) is 1.24. The molecule has 0 spiro atoms. The molecule has 3 nitrogen and oxygen atoms in total. The van der Waals surface area contributed by atoms with E-state index in [9.17, 15) is 0 Å². The summed E-state index contributed by atoms with van der Waals surface area (Å²) in [6, 6.07) is 4.33. The standard InChI is InChI=1S/C11H17N3/c1-11(9-3-6-13-7-4-9)10(12)5-8-14(11)2/h3-4,6-7,10H,5,8,12H2,1-2H3. The lowest BCUT2D eigenvalue weighted by molar-refractivity contribution is 0.181. The molecule has 1 aliphatic rings. The van der Waals surface area contributed by atoms with E-state index in [-0.39, 0.29) is 11.6 Å². The van der Waals surface area contributed by atoms with Crippen molar-refractivity contribution < 1.29 is 0 Å². The first-order valence-electron chi connectivity index (χ1n) is 5.03. The van der Waals surface area contributed by atoms with Crippen LogP contribution in [0.2, 0.25) is 0 Å². The summed E-state index contributed by atoms with van der Waals surface area (Å²) in [6.07, 6.45) is 4.73. The Morgan fingerprint density at radius 3 is 2.64 bits per heavy atom. The molecule has 2 unspecified atom stereocenters.